The summed E-state index contributed by atoms with van der Waals surface area (Å²) in [5.41, 5.74) is 0.592. The highest BCUT2D eigenvalue weighted by Gasteiger charge is 2.18. The zero-order valence-corrected chi connectivity index (χ0v) is 17.9. The first-order valence-corrected chi connectivity index (χ1v) is 11.7. The molecule has 0 spiro atoms. The molecule has 1 aromatic heterocycles. The van der Waals surface area contributed by atoms with Crippen molar-refractivity contribution in [3.8, 4) is 10.4 Å². The van der Waals surface area contributed by atoms with Crippen molar-refractivity contribution >= 4 is 38.5 Å². The van der Waals surface area contributed by atoms with Crippen molar-refractivity contribution in [2.75, 3.05) is 24.7 Å². The van der Waals surface area contributed by atoms with E-state index in [1.54, 1.807) is 24.3 Å². The number of rotatable bonds is 8. The fraction of sp³-hybridized carbons (Fsp3) is 0.150. The zero-order valence-electron chi connectivity index (χ0n) is 16.3. The Hall–Kier alpha value is -3.31. The van der Waals surface area contributed by atoms with Crippen LogP contribution >= 0.6 is 11.3 Å². The number of carbonyl (C=O) groups is 1. The van der Waals surface area contributed by atoms with Crippen molar-refractivity contribution in [3.05, 3.63) is 75.4 Å². The molecule has 0 aliphatic rings. The number of nitrogens with zero attached hydrogens (tertiary/aromatic N) is 1. The van der Waals surface area contributed by atoms with Crippen LogP contribution in [0.15, 0.2) is 59.5 Å². The standard InChI is InChI=1S/C20H18FN3O5S2/c1-31(28,29)15-6-7-16(17(12-15)24(26)27)22-10-11-23-20(25)19-9-8-18(30-19)13-2-4-14(21)5-3-13/h2-9,12,22H,10-11H2,1H3,(H,23,25). The third-order valence-electron chi connectivity index (χ3n) is 4.28. The predicted molar refractivity (Wildman–Crippen MR) is 117 cm³/mol. The molecule has 0 saturated heterocycles. The van der Waals surface area contributed by atoms with Gasteiger partial charge in [-0.2, -0.15) is 0 Å². The second-order valence-electron chi connectivity index (χ2n) is 6.56. The van der Waals surface area contributed by atoms with Crippen molar-refractivity contribution in [1.29, 1.82) is 0 Å². The van der Waals surface area contributed by atoms with Crippen molar-refractivity contribution in [1.82, 2.24) is 5.32 Å². The van der Waals surface area contributed by atoms with E-state index in [2.05, 4.69) is 10.6 Å². The van der Waals surface area contributed by atoms with E-state index in [4.69, 9.17) is 0 Å². The van der Waals surface area contributed by atoms with Crippen LogP contribution in [-0.4, -0.2) is 38.6 Å². The molecule has 0 radical (unpaired) electrons. The molecule has 2 aromatic carbocycles. The maximum absolute atomic E-state index is 13.0. The highest BCUT2D eigenvalue weighted by atomic mass is 32.2. The van der Waals surface area contributed by atoms with Crippen LogP contribution in [-0.2, 0) is 9.84 Å². The van der Waals surface area contributed by atoms with E-state index < -0.39 is 14.8 Å². The third-order valence-corrected chi connectivity index (χ3v) is 6.52. The minimum Gasteiger partial charge on any atom is -0.378 e. The van der Waals surface area contributed by atoms with Gasteiger partial charge in [0.1, 0.15) is 11.5 Å². The Bertz CT molecular complexity index is 1220. The van der Waals surface area contributed by atoms with Crippen LogP contribution in [0.25, 0.3) is 10.4 Å². The summed E-state index contributed by atoms with van der Waals surface area (Å²) in [6.07, 6.45) is 0.973. The molecule has 11 heteroatoms. The number of nitro benzene ring substituents is 1. The molecule has 3 rings (SSSR count). The smallest absolute Gasteiger partial charge is 0.293 e. The number of benzene rings is 2. The summed E-state index contributed by atoms with van der Waals surface area (Å²) in [4.78, 5) is 24.1. The van der Waals surface area contributed by atoms with Gasteiger partial charge in [-0.05, 0) is 42.0 Å². The van der Waals surface area contributed by atoms with E-state index in [9.17, 15) is 27.7 Å². The van der Waals surface area contributed by atoms with Crippen LogP contribution in [0.5, 0.6) is 0 Å². The lowest BCUT2D eigenvalue weighted by atomic mass is 10.2. The van der Waals surface area contributed by atoms with Gasteiger partial charge in [0, 0.05) is 30.3 Å². The SMILES string of the molecule is CS(=O)(=O)c1ccc(NCCNC(=O)c2ccc(-c3ccc(F)cc3)s2)c([N+](=O)[O-])c1. The largest absolute Gasteiger partial charge is 0.378 e. The Morgan fingerprint density at radius 3 is 2.45 bits per heavy atom. The fourth-order valence-corrected chi connectivity index (χ4v) is 4.30. The topological polar surface area (TPSA) is 118 Å². The molecule has 0 aliphatic carbocycles. The number of nitro groups is 1. The Balaban J connectivity index is 1.58. The molecule has 0 aliphatic heterocycles. The molecule has 0 fully saturated rings. The molecule has 162 valence electrons. The summed E-state index contributed by atoms with van der Waals surface area (Å²) in [5.74, 6) is -0.640. The molecular weight excluding hydrogens is 445 g/mol. The number of hydrogen-bond donors (Lipinski definition) is 2. The number of amides is 1. The van der Waals surface area contributed by atoms with Gasteiger partial charge in [0.15, 0.2) is 9.84 Å². The molecule has 0 saturated carbocycles. The van der Waals surface area contributed by atoms with Gasteiger partial charge >= 0.3 is 0 Å². The number of sulfone groups is 1. The van der Waals surface area contributed by atoms with Crippen LogP contribution in [0.1, 0.15) is 9.67 Å². The monoisotopic (exact) mass is 463 g/mol. The minimum absolute atomic E-state index is 0.146. The lowest BCUT2D eigenvalue weighted by Gasteiger charge is -2.09. The first-order chi connectivity index (χ1) is 14.6. The van der Waals surface area contributed by atoms with Crippen molar-refractivity contribution in [2.24, 2.45) is 0 Å². The number of halogens is 1. The number of anilines is 1. The van der Waals surface area contributed by atoms with Crippen LogP contribution in [0.4, 0.5) is 15.8 Å². The maximum atomic E-state index is 13.0. The van der Waals surface area contributed by atoms with E-state index in [0.29, 0.717) is 4.88 Å². The van der Waals surface area contributed by atoms with Gasteiger partial charge in [0.05, 0.1) is 14.7 Å². The minimum atomic E-state index is -3.57. The summed E-state index contributed by atoms with van der Waals surface area (Å²) in [6, 6.07) is 13.0. The Morgan fingerprint density at radius 2 is 1.81 bits per heavy atom. The molecule has 0 atom stereocenters. The molecule has 31 heavy (non-hydrogen) atoms. The average Bonchev–Trinajstić information content (AvgIpc) is 3.21. The summed E-state index contributed by atoms with van der Waals surface area (Å²) in [7, 11) is -3.57. The van der Waals surface area contributed by atoms with Crippen molar-refractivity contribution < 1.29 is 22.5 Å². The van der Waals surface area contributed by atoms with Gasteiger partial charge in [-0.1, -0.05) is 12.1 Å². The van der Waals surface area contributed by atoms with Gasteiger partial charge in [-0.15, -0.1) is 11.3 Å². The van der Waals surface area contributed by atoms with Gasteiger partial charge in [0.2, 0.25) is 0 Å². The van der Waals surface area contributed by atoms with E-state index in [1.165, 1.54) is 35.6 Å². The average molecular weight is 464 g/mol. The van der Waals surface area contributed by atoms with Crippen molar-refractivity contribution in [2.45, 2.75) is 4.90 Å². The Morgan fingerprint density at radius 1 is 1.10 bits per heavy atom. The number of thiophene rings is 1. The second kappa shape index (κ2) is 9.23. The lowest BCUT2D eigenvalue weighted by Crippen LogP contribution is -2.28. The van der Waals surface area contributed by atoms with Gasteiger partial charge in [-0.25, -0.2) is 12.8 Å². The van der Waals surface area contributed by atoms with Gasteiger partial charge < -0.3 is 10.6 Å². The molecule has 8 nitrogen and oxygen atoms in total. The normalized spacial score (nSPS) is 11.2. The first-order valence-electron chi connectivity index (χ1n) is 9.01. The zero-order chi connectivity index (χ0) is 22.6. The van der Waals surface area contributed by atoms with Gasteiger partial charge in [-0.3, -0.25) is 14.9 Å². The maximum Gasteiger partial charge on any atom is 0.293 e. The van der Waals surface area contributed by atoms with Crippen LogP contribution in [0.3, 0.4) is 0 Å². The summed E-state index contributed by atoms with van der Waals surface area (Å²) in [6.45, 7) is 0.384. The summed E-state index contributed by atoms with van der Waals surface area (Å²) in [5, 5.41) is 16.8. The predicted octanol–water partition coefficient (Wildman–Crippen LogP) is 3.71. The highest BCUT2D eigenvalue weighted by molar-refractivity contribution is 7.90. The van der Waals surface area contributed by atoms with Crippen LogP contribution in [0.2, 0.25) is 0 Å². The van der Waals surface area contributed by atoms with Crippen LogP contribution < -0.4 is 10.6 Å². The lowest BCUT2D eigenvalue weighted by molar-refractivity contribution is -0.384. The fourth-order valence-electron chi connectivity index (χ4n) is 2.73. The van der Waals surface area contributed by atoms with Crippen LogP contribution in [0, 0.1) is 15.9 Å². The summed E-state index contributed by atoms with van der Waals surface area (Å²) < 4.78 is 36.2. The van der Waals surface area contributed by atoms with E-state index in [1.807, 2.05) is 0 Å². The number of hydrogen-bond acceptors (Lipinski definition) is 7. The molecule has 1 heterocycles. The number of carbonyl (C=O) groups excluding carboxylic acids is 1. The molecule has 1 amide bonds. The Labute approximate surface area is 181 Å². The highest BCUT2D eigenvalue weighted by Crippen LogP contribution is 2.29. The first kappa shape index (κ1) is 22.4. The Kier molecular flexibility index (Phi) is 6.66. The number of nitrogens with one attached hydrogen (secondary N) is 2. The molecule has 0 bridgehead atoms. The molecule has 2 N–H and O–H groups in total. The van der Waals surface area contributed by atoms with E-state index in [0.717, 1.165) is 22.8 Å². The molecule has 3 aromatic rings. The third kappa shape index (κ3) is 5.64. The van der Waals surface area contributed by atoms with Crippen molar-refractivity contribution in [3.63, 3.8) is 0 Å². The van der Waals surface area contributed by atoms with E-state index >= 15 is 0 Å². The second-order valence-corrected chi connectivity index (χ2v) is 9.66. The summed E-state index contributed by atoms with van der Waals surface area (Å²) >= 11 is 1.26. The molecule has 0 unspecified atom stereocenters. The molecular formula is C20H18FN3O5S2. The van der Waals surface area contributed by atoms with E-state index in [-0.39, 0.29) is 41.1 Å². The van der Waals surface area contributed by atoms with Gasteiger partial charge in [0.25, 0.3) is 11.6 Å². The quantitative estimate of drug-likeness (QED) is 0.299.